The Morgan fingerprint density at radius 2 is 1.76 bits per heavy atom. The minimum atomic E-state index is -4.45. The van der Waals surface area contributed by atoms with Gasteiger partial charge in [-0.1, -0.05) is 18.2 Å². The number of amides is 1. The molecule has 0 unspecified atom stereocenters. The quantitative estimate of drug-likeness (QED) is 0.298. The van der Waals surface area contributed by atoms with Crippen molar-refractivity contribution in [3.8, 4) is 17.1 Å². The van der Waals surface area contributed by atoms with E-state index in [0.29, 0.717) is 48.1 Å². The second-order valence-corrected chi connectivity index (χ2v) is 8.95. The Kier molecular flexibility index (Phi) is 7.10. The lowest BCUT2D eigenvalue weighted by Crippen LogP contribution is -2.47. The van der Waals surface area contributed by atoms with E-state index >= 15 is 0 Å². The molecular weight excluding hydrogens is 502 g/mol. The van der Waals surface area contributed by atoms with Gasteiger partial charge in [-0.05, 0) is 60.2 Å². The first kappa shape index (κ1) is 25.4. The van der Waals surface area contributed by atoms with Gasteiger partial charge in [-0.25, -0.2) is 4.39 Å². The average molecular weight is 526 g/mol. The van der Waals surface area contributed by atoms with Crippen molar-refractivity contribution >= 4 is 11.6 Å². The Morgan fingerprint density at radius 1 is 1.03 bits per heavy atom. The van der Waals surface area contributed by atoms with Gasteiger partial charge in [0, 0.05) is 36.4 Å². The molecule has 1 amide bonds. The maximum Gasteiger partial charge on any atom is 0.416 e. The third-order valence-corrected chi connectivity index (χ3v) is 6.02. The molecule has 11 heteroatoms. The second kappa shape index (κ2) is 10.6. The SMILES string of the molecule is O=C(Nc1ccc(-c2nnc(COc3cccc(C(F)(F)F)c3)[nH]2)cc1)c1ccc(CN2CC(F)C2)cc1. The molecule has 0 saturated carbocycles. The number of alkyl halides is 4. The molecule has 196 valence electrons. The highest BCUT2D eigenvalue weighted by Gasteiger charge is 2.30. The summed E-state index contributed by atoms with van der Waals surface area (Å²) in [7, 11) is 0. The Bertz CT molecular complexity index is 1400. The molecule has 1 aromatic heterocycles. The smallest absolute Gasteiger partial charge is 0.416 e. The molecule has 0 aliphatic carbocycles. The van der Waals surface area contributed by atoms with Gasteiger partial charge < -0.3 is 15.0 Å². The van der Waals surface area contributed by atoms with Crippen LogP contribution in [0.3, 0.4) is 0 Å². The molecule has 0 atom stereocenters. The molecule has 0 radical (unpaired) electrons. The Balaban J connectivity index is 1.15. The van der Waals surface area contributed by atoms with Gasteiger partial charge in [-0.2, -0.15) is 13.2 Å². The summed E-state index contributed by atoms with van der Waals surface area (Å²) in [5.74, 6) is 0.601. The lowest BCUT2D eigenvalue weighted by atomic mass is 10.1. The molecule has 3 aromatic carbocycles. The summed E-state index contributed by atoms with van der Waals surface area (Å²) in [6.07, 6.45) is -5.20. The van der Waals surface area contributed by atoms with Crippen LogP contribution in [-0.2, 0) is 19.3 Å². The molecule has 1 fully saturated rings. The number of aromatic nitrogens is 3. The predicted octanol–water partition coefficient (Wildman–Crippen LogP) is 5.48. The summed E-state index contributed by atoms with van der Waals surface area (Å²) in [5, 5.41) is 10.9. The first-order valence-electron chi connectivity index (χ1n) is 11.8. The van der Waals surface area contributed by atoms with Gasteiger partial charge >= 0.3 is 6.18 Å². The first-order valence-corrected chi connectivity index (χ1v) is 11.8. The number of nitrogens with zero attached hydrogens (tertiary/aromatic N) is 3. The maximum atomic E-state index is 13.0. The highest BCUT2D eigenvalue weighted by atomic mass is 19.4. The van der Waals surface area contributed by atoms with E-state index in [4.69, 9.17) is 4.74 Å². The minimum absolute atomic E-state index is 0.0681. The van der Waals surface area contributed by atoms with Crippen LogP contribution in [0, 0.1) is 0 Å². The molecule has 1 saturated heterocycles. The summed E-state index contributed by atoms with van der Waals surface area (Å²) in [4.78, 5) is 17.6. The van der Waals surface area contributed by atoms with Gasteiger partial charge in [-0.3, -0.25) is 9.69 Å². The van der Waals surface area contributed by atoms with Gasteiger partial charge in [0.25, 0.3) is 5.91 Å². The molecule has 5 rings (SSSR count). The van der Waals surface area contributed by atoms with Crippen molar-refractivity contribution in [1.29, 1.82) is 0 Å². The largest absolute Gasteiger partial charge is 0.486 e. The lowest BCUT2D eigenvalue weighted by Gasteiger charge is -2.34. The van der Waals surface area contributed by atoms with Crippen molar-refractivity contribution in [3.63, 3.8) is 0 Å². The molecule has 1 aliphatic rings. The number of hydrogen-bond acceptors (Lipinski definition) is 5. The van der Waals surface area contributed by atoms with Gasteiger partial charge in [0.1, 0.15) is 18.5 Å². The standard InChI is InChI=1S/C27H23F4N5O2/c28-21-14-36(15-21)13-17-4-6-19(7-5-17)26(37)32-22-10-8-18(9-11-22)25-33-24(34-35-25)16-38-23-3-1-2-20(12-23)27(29,30)31/h1-12,21H,13-16H2,(H,32,37)(H,33,34,35). The van der Waals surface area contributed by atoms with Crippen molar-refractivity contribution in [2.45, 2.75) is 25.5 Å². The molecule has 0 bridgehead atoms. The van der Waals surface area contributed by atoms with E-state index < -0.39 is 17.9 Å². The van der Waals surface area contributed by atoms with Crippen LogP contribution in [0.25, 0.3) is 11.4 Å². The third-order valence-electron chi connectivity index (χ3n) is 6.02. The Labute approximate surface area is 215 Å². The highest BCUT2D eigenvalue weighted by molar-refractivity contribution is 6.04. The van der Waals surface area contributed by atoms with Crippen LogP contribution in [0.4, 0.5) is 23.2 Å². The Morgan fingerprint density at radius 3 is 2.45 bits per heavy atom. The van der Waals surface area contributed by atoms with Crippen molar-refractivity contribution < 1.29 is 27.1 Å². The lowest BCUT2D eigenvalue weighted by molar-refractivity contribution is -0.137. The van der Waals surface area contributed by atoms with Crippen LogP contribution in [0.2, 0.25) is 0 Å². The number of rotatable bonds is 8. The van der Waals surface area contributed by atoms with Gasteiger partial charge in [-0.15, -0.1) is 10.2 Å². The number of likely N-dealkylation sites (tertiary alicyclic amines) is 1. The van der Waals surface area contributed by atoms with Gasteiger partial charge in [0.2, 0.25) is 0 Å². The number of hydrogen-bond donors (Lipinski definition) is 2. The highest BCUT2D eigenvalue weighted by Crippen LogP contribution is 2.31. The normalized spacial score (nSPS) is 14.2. The number of halogens is 4. The van der Waals surface area contributed by atoms with E-state index in [1.165, 1.54) is 12.1 Å². The van der Waals surface area contributed by atoms with Crippen LogP contribution in [-0.4, -0.2) is 45.2 Å². The van der Waals surface area contributed by atoms with E-state index in [1.807, 2.05) is 17.0 Å². The van der Waals surface area contributed by atoms with Crippen LogP contribution in [0.5, 0.6) is 5.75 Å². The fourth-order valence-corrected chi connectivity index (χ4v) is 3.98. The van der Waals surface area contributed by atoms with Crippen molar-refractivity contribution in [2.75, 3.05) is 18.4 Å². The number of carbonyl (C=O) groups excluding carboxylic acids is 1. The third kappa shape index (κ3) is 6.17. The fraction of sp³-hybridized carbons (Fsp3) is 0.222. The zero-order valence-corrected chi connectivity index (χ0v) is 20.0. The summed E-state index contributed by atoms with van der Waals surface area (Å²) >= 11 is 0. The molecular formula is C27H23F4N5O2. The van der Waals surface area contributed by atoms with Crippen LogP contribution >= 0.6 is 0 Å². The summed E-state index contributed by atoms with van der Waals surface area (Å²) in [6, 6.07) is 18.8. The average Bonchev–Trinajstić information content (AvgIpc) is 3.36. The van der Waals surface area contributed by atoms with Crippen LogP contribution in [0.15, 0.2) is 72.8 Å². The van der Waals surface area contributed by atoms with Gasteiger partial charge in [0.15, 0.2) is 11.6 Å². The van der Waals surface area contributed by atoms with E-state index in [2.05, 4.69) is 20.5 Å². The number of nitrogens with one attached hydrogen (secondary N) is 2. The van der Waals surface area contributed by atoms with Crippen molar-refractivity contribution in [3.05, 3.63) is 95.3 Å². The zero-order chi connectivity index (χ0) is 26.7. The maximum absolute atomic E-state index is 13.0. The van der Waals surface area contributed by atoms with E-state index in [-0.39, 0.29) is 18.3 Å². The number of anilines is 1. The van der Waals surface area contributed by atoms with Crippen LogP contribution in [0.1, 0.15) is 27.3 Å². The van der Waals surface area contributed by atoms with Gasteiger partial charge in [0.05, 0.1) is 5.56 Å². The van der Waals surface area contributed by atoms with Crippen molar-refractivity contribution in [2.24, 2.45) is 0 Å². The topological polar surface area (TPSA) is 83.1 Å². The monoisotopic (exact) mass is 525 g/mol. The molecule has 38 heavy (non-hydrogen) atoms. The Hall–Kier alpha value is -4.25. The van der Waals surface area contributed by atoms with E-state index in [0.717, 1.165) is 17.7 Å². The molecule has 4 aromatic rings. The summed E-state index contributed by atoms with van der Waals surface area (Å²) in [5.41, 5.74) is 2.02. The number of aromatic amines is 1. The first-order chi connectivity index (χ1) is 18.2. The summed E-state index contributed by atoms with van der Waals surface area (Å²) < 4.78 is 57.0. The number of H-pyrrole nitrogens is 1. The minimum Gasteiger partial charge on any atom is -0.486 e. The van der Waals surface area contributed by atoms with E-state index in [9.17, 15) is 22.4 Å². The molecule has 2 N–H and O–H groups in total. The van der Waals surface area contributed by atoms with E-state index in [1.54, 1.807) is 36.4 Å². The zero-order valence-electron chi connectivity index (χ0n) is 20.0. The number of carbonyl (C=O) groups is 1. The van der Waals surface area contributed by atoms with Crippen LogP contribution < -0.4 is 10.1 Å². The summed E-state index contributed by atoms with van der Waals surface area (Å²) in [6.45, 7) is 1.46. The van der Waals surface area contributed by atoms with Crippen molar-refractivity contribution in [1.82, 2.24) is 20.1 Å². The molecule has 0 spiro atoms. The molecule has 7 nitrogen and oxygen atoms in total. The number of benzene rings is 3. The molecule has 1 aliphatic heterocycles. The second-order valence-electron chi connectivity index (χ2n) is 8.95. The predicted molar refractivity (Wildman–Crippen MR) is 132 cm³/mol. The fourth-order valence-electron chi connectivity index (χ4n) is 3.98. The molecule has 2 heterocycles. The number of ether oxygens (including phenoxy) is 1.